The zero-order chi connectivity index (χ0) is 15.4. The molecule has 0 saturated heterocycles. The Morgan fingerprint density at radius 2 is 1.90 bits per heavy atom. The predicted molar refractivity (Wildman–Crippen MR) is 83.7 cm³/mol. The van der Waals surface area contributed by atoms with Crippen LogP contribution in [-0.2, 0) is 4.79 Å². The normalized spacial score (nSPS) is 17.8. The predicted octanol–water partition coefficient (Wildman–Crippen LogP) is 1.03. The number of carbonyl (C=O) groups is 2. The fraction of sp³-hybridized carbons (Fsp3) is 0.467. The third kappa shape index (κ3) is 3.65. The van der Waals surface area contributed by atoms with Gasteiger partial charge in [-0.1, -0.05) is 19.1 Å². The lowest BCUT2D eigenvalue weighted by molar-refractivity contribution is -0.118. The summed E-state index contributed by atoms with van der Waals surface area (Å²) >= 11 is 0. The molecule has 0 bridgehead atoms. The van der Waals surface area contributed by atoms with E-state index < -0.39 is 6.03 Å². The van der Waals surface area contributed by atoms with E-state index in [9.17, 15) is 9.59 Å². The molecule has 1 aromatic rings. The minimum atomic E-state index is -0.478. The number of amides is 3. The molecule has 1 atom stereocenters. The van der Waals surface area contributed by atoms with Crippen LogP contribution >= 0.6 is 0 Å². The minimum absolute atomic E-state index is 0.169. The molecule has 1 aliphatic rings. The molecular formula is C15H22N4O2. The fourth-order valence-electron chi connectivity index (χ4n) is 2.70. The van der Waals surface area contributed by atoms with Gasteiger partial charge in [0.15, 0.2) is 0 Å². The summed E-state index contributed by atoms with van der Waals surface area (Å²) in [4.78, 5) is 27.4. The van der Waals surface area contributed by atoms with Gasteiger partial charge in [-0.3, -0.25) is 10.1 Å². The van der Waals surface area contributed by atoms with Gasteiger partial charge in [-0.25, -0.2) is 4.79 Å². The number of anilines is 2. The van der Waals surface area contributed by atoms with Crippen molar-refractivity contribution in [1.82, 2.24) is 10.6 Å². The Bertz CT molecular complexity index is 532. The molecule has 3 amide bonds. The number of urea groups is 1. The van der Waals surface area contributed by atoms with E-state index in [2.05, 4.69) is 35.6 Å². The molecule has 0 saturated carbocycles. The van der Waals surface area contributed by atoms with Crippen molar-refractivity contribution in [3.8, 4) is 0 Å². The number of para-hydroxylation sites is 2. The number of nitrogens with zero attached hydrogens (tertiary/aromatic N) is 2. The lowest BCUT2D eigenvalue weighted by Crippen LogP contribution is -2.44. The molecule has 0 aliphatic carbocycles. The van der Waals surface area contributed by atoms with Crippen molar-refractivity contribution in [2.45, 2.75) is 6.92 Å². The van der Waals surface area contributed by atoms with Crippen LogP contribution in [0.4, 0.5) is 16.2 Å². The van der Waals surface area contributed by atoms with Gasteiger partial charge in [0, 0.05) is 27.2 Å². The Hall–Kier alpha value is -2.24. The van der Waals surface area contributed by atoms with Gasteiger partial charge < -0.3 is 15.1 Å². The lowest BCUT2D eigenvalue weighted by Gasteiger charge is -2.25. The maximum absolute atomic E-state index is 12.0. The van der Waals surface area contributed by atoms with Gasteiger partial charge in [-0.15, -0.1) is 0 Å². The van der Waals surface area contributed by atoms with E-state index in [1.807, 2.05) is 23.1 Å². The number of fused-ring (bicyclic) bond motifs is 1. The highest BCUT2D eigenvalue weighted by molar-refractivity contribution is 5.96. The molecule has 2 rings (SSSR count). The summed E-state index contributed by atoms with van der Waals surface area (Å²) < 4.78 is 0. The van der Waals surface area contributed by atoms with Crippen LogP contribution < -0.4 is 20.4 Å². The molecule has 1 unspecified atom stereocenters. The van der Waals surface area contributed by atoms with Crippen molar-refractivity contribution < 1.29 is 9.59 Å². The average Bonchev–Trinajstić information content (AvgIpc) is 2.56. The van der Waals surface area contributed by atoms with Gasteiger partial charge in [0.1, 0.15) is 0 Å². The maximum atomic E-state index is 12.0. The molecule has 6 nitrogen and oxygen atoms in total. The zero-order valence-electron chi connectivity index (χ0n) is 12.7. The van der Waals surface area contributed by atoms with Gasteiger partial charge in [0.25, 0.3) is 0 Å². The molecule has 1 aromatic carbocycles. The summed E-state index contributed by atoms with van der Waals surface area (Å²) in [5.41, 5.74) is 2.13. The number of benzene rings is 1. The fourth-order valence-corrected chi connectivity index (χ4v) is 2.70. The third-order valence-corrected chi connectivity index (χ3v) is 3.57. The molecule has 0 spiro atoms. The average molecular weight is 290 g/mol. The number of carbonyl (C=O) groups excluding carboxylic acids is 2. The molecule has 114 valence electrons. The lowest BCUT2D eigenvalue weighted by atomic mass is 10.1. The molecule has 0 fully saturated rings. The SMILES string of the molecule is CNC(=O)NC(=O)CN1CC(C)CN(C)c2ccccc21. The Morgan fingerprint density at radius 1 is 1.24 bits per heavy atom. The van der Waals surface area contributed by atoms with Crippen LogP contribution in [0, 0.1) is 5.92 Å². The van der Waals surface area contributed by atoms with Gasteiger partial charge in [0.05, 0.1) is 17.9 Å². The highest BCUT2D eigenvalue weighted by atomic mass is 16.2. The first kappa shape index (κ1) is 15.2. The third-order valence-electron chi connectivity index (χ3n) is 3.57. The molecule has 2 N–H and O–H groups in total. The summed E-state index contributed by atoms with van der Waals surface area (Å²) in [6.45, 7) is 4.04. The quantitative estimate of drug-likeness (QED) is 0.854. The first-order chi connectivity index (χ1) is 10.0. The van der Waals surface area contributed by atoms with E-state index in [0.29, 0.717) is 5.92 Å². The summed E-state index contributed by atoms with van der Waals surface area (Å²) in [5, 5.41) is 4.69. The summed E-state index contributed by atoms with van der Waals surface area (Å²) in [6.07, 6.45) is 0. The maximum Gasteiger partial charge on any atom is 0.321 e. The van der Waals surface area contributed by atoms with Crippen LogP contribution in [0.25, 0.3) is 0 Å². The van der Waals surface area contributed by atoms with E-state index >= 15 is 0 Å². The van der Waals surface area contributed by atoms with E-state index in [0.717, 1.165) is 24.5 Å². The molecular weight excluding hydrogens is 268 g/mol. The van der Waals surface area contributed by atoms with Crippen molar-refractivity contribution in [2.24, 2.45) is 5.92 Å². The standard InChI is InChI=1S/C15H22N4O2/c1-11-8-18(3)12-6-4-5-7-13(12)19(9-11)10-14(20)17-15(21)16-2/h4-7,11H,8-10H2,1-3H3,(H2,16,17,20,21). The number of rotatable bonds is 2. The largest absolute Gasteiger partial charge is 0.373 e. The number of hydrogen-bond acceptors (Lipinski definition) is 4. The first-order valence-corrected chi connectivity index (χ1v) is 7.08. The second kappa shape index (κ2) is 6.47. The summed E-state index contributed by atoms with van der Waals surface area (Å²) in [6, 6.07) is 7.54. The Balaban J connectivity index is 2.19. The molecule has 21 heavy (non-hydrogen) atoms. The first-order valence-electron chi connectivity index (χ1n) is 7.08. The van der Waals surface area contributed by atoms with Gasteiger partial charge >= 0.3 is 6.03 Å². The van der Waals surface area contributed by atoms with Gasteiger partial charge in [0.2, 0.25) is 5.91 Å². The topological polar surface area (TPSA) is 64.7 Å². The van der Waals surface area contributed by atoms with Crippen molar-refractivity contribution in [3.63, 3.8) is 0 Å². The van der Waals surface area contributed by atoms with E-state index in [1.54, 1.807) is 0 Å². The van der Waals surface area contributed by atoms with Crippen molar-refractivity contribution >= 4 is 23.3 Å². The summed E-state index contributed by atoms with van der Waals surface area (Å²) in [5.74, 6) is 0.121. The second-order valence-corrected chi connectivity index (χ2v) is 5.48. The number of imide groups is 1. The highest BCUT2D eigenvalue weighted by Gasteiger charge is 2.23. The smallest absolute Gasteiger partial charge is 0.321 e. The van der Waals surface area contributed by atoms with Crippen LogP contribution in [0.3, 0.4) is 0 Å². The highest BCUT2D eigenvalue weighted by Crippen LogP contribution is 2.32. The number of hydrogen-bond donors (Lipinski definition) is 2. The Labute approximate surface area is 125 Å². The molecule has 0 aromatic heterocycles. The van der Waals surface area contributed by atoms with E-state index in [-0.39, 0.29) is 12.5 Å². The van der Waals surface area contributed by atoms with Crippen molar-refractivity contribution in [2.75, 3.05) is 43.5 Å². The van der Waals surface area contributed by atoms with Crippen LogP contribution in [0.5, 0.6) is 0 Å². The van der Waals surface area contributed by atoms with Crippen LogP contribution in [0.1, 0.15) is 6.92 Å². The van der Waals surface area contributed by atoms with Crippen LogP contribution in [0.2, 0.25) is 0 Å². The van der Waals surface area contributed by atoms with Crippen LogP contribution in [-0.4, -0.2) is 45.7 Å². The molecule has 1 heterocycles. The summed E-state index contributed by atoms with van der Waals surface area (Å²) in [7, 11) is 3.55. The monoisotopic (exact) mass is 290 g/mol. The van der Waals surface area contributed by atoms with Gasteiger partial charge in [-0.05, 0) is 18.1 Å². The van der Waals surface area contributed by atoms with E-state index in [4.69, 9.17) is 0 Å². The Kier molecular flexibility index (Phi) is 4.67. The molecule has 6 heteroatoms. The van der Waals surface area contributed by atoms with Crippen molar-refractivity contribution in [3.05, 3.63) is 24.3 Å². The number of nitrogens with one attached hydrogen (secondary N) is 2. The van der Waals surface area contributed by atoms with E-state index in [1.165, 1.54) is 7.05 Å². The Morgan fingerprint density at radius 3 is 2.57 bits per heavy atom. The second-order valence-electron chi connectivity index (χ2n) is 5.48. The molecule has 1 aliphatic heterocycles. The van der Waals surface area contributed by atoms with Gasteiger partial charge in [-0.2, -0.15) is 0 Å². The van der Waals surface area contributed by atoms with Crippen molar-refractivity contribution in [1.29, 1.82) is 0 Å². The zero-order valence-corrected chi connectivity index (χ0v) is 12.7. The van der Waals surface area contributed by atoms with Crippen LogP contribution in [0.15, 0.2) is 24.3 Å². The minimum Gasteiger partial charge on any atom is -0.373 e. The molecule has 0 radical (unpaired) electrons.